The number of anilines is 1. The summed E-state index contributed by atoms with van der Waals surface area (Å²) in [5, 5.41) is 13.5. The van der Waals surface area contributed by atoms with Crippen molar-refractivity contribution in [3.63, 3.8) is 0 Å². The maximum Gasteiger partial charge on any atom is 0.276 e. The number of nitrogens with one attached hydrogen (secondary N) is 3. The predicted octanol–water partition coefficient (Wildman–Crippen LogP) is 1.72. The van der Waals surface area contributed by atoms with E-state index in [1.54, 1.807) is 24.3 Å². The lowest BCUT2D eigenvalue weighted by atomic mass is 10.3. The third-order valence-electron chi connectivity index (χ3n) is 3.34. The van der Waals surface area contributed by atoms with Crippen molar-refractivity contribution in [2.24, 2.45) is 0 Å². The molecule has 10 nitrogen and oxygen atoms in total. The van der Waals surface area contributed by atoms with Gasteiger partial charge in [0.2, 0.25) is 6.79 Å². The number of hydrogen-bond acceptors (Lipinski definition) is 7. The monoisotopic (exact) mass is 390 g/mol. The second kappa shape index (κ2) is 8.19. The van der Waals surface area contributed by atoms with E-state index in [0.29, 0.717) is 22.9 Å². The normalized spacial score (nSPS) is 11.4. The van der Waals surface area contributed by atoms with Crippen molar-refractivity contribution in [1.82, 2.24) is 10.9 Å². The van der Waals surface area contributed by atoms with Crippen LogP contribution in [0, 0.1) is 10.1 Å². The van der Waals surface area contributed by atoms with Crippen LogP contribution in [0.5, 0.6) is 17.2 Å². The zero-order chi connectivity index (χ0) is 19.2. The number of ether oxygens (including phenoxy) is 3. The van der Waals surface area contributed by atoms with E-state index in [4.69, 9.17) is 26.4 Å². The van der Waals surface area contributed by atoms with E-state index in [1.807, 2.05) is 0 Å². The van der Waals surface area contributed by atoms with Crippen molar-refractivity contribution in [3.8, 4) is 17.2 Å². The molecule has 2 aromatic carbocycles. The molecule has 0 saturated carbocycles. The van der Waals surface area contributed by atoms with Crippen LogP contribution in [0.4, 0.5) is 11.4 Å². The number of fused-ring (bicyclic) bond motifs is 1. The fourth-order valence-electron chi connectivity index (χ4n) is 2.14. The molecule has 0 aliphatic carbocycles. The standard InChI is InChI=1S/C16H14N4O6S/c21-15(8-24-12-4-5-13-14(7-12)26-9-25-13)18-19-16(27)17-10-2-1-3-11(6-10)20(22)23/h1-7H,8-9H2,(H,18,21)(H2,17,19,27). The molecule has 3 rings (SSSR count). The molecule has 140 valence electrons. The number of thiocarbonyl (C=S) groups is 1. The summed E-state index contributed by atoms with van der Waals surface area (Å²) in [6.45, 7) is -0.107. The van der Waals surface area contributed by atoms with Crippen LogP contribution in [0.1, 0.15) is 0 Å². The lowest BCUT2D eigenvalue weighted by Crippen LogP contribution is -2.45. The summed E-state index contributed by atoms with van der Waals surface area (Å²) < 4.78 is 15.8. The first-order valence-corrected chi connectivity index (χ1v) is 8.05. The number of rotatable bonds is 5. The van der Waals surface area contributed by atoms with Gasteiger partial charge < -0.3 is 19.5 Å². The summed E-state index contributed by atoms with van der Waals surface area (Å²) in [4.78, 5) is 22.1. The molecule has 27 heavy (non-hydrogen) atoms. The Balaban J connectivity index is 1.43. The first-order chi connectivity index (χ1) is 13.0. The van der Waals surface area contributed by atoms with E-state index >= 15 is 0 Å². The molecule has 0 unspecified atom stereocenters. The topological polar surface area (TPSA) is 124 Å². The van der Waals surface area contributed by atoms with Crippen molar-refractivity contribution < 1.29 is 23.9 Å². The van der Waals surface area contributed by atoms with Gasteiger partial charge in [-0.25, -0.2) is 0 Å². The largest absolute Gasteiger partial charge is 0.484 e. The Kier molecular flexibility index (Phi) is 5.52. The third kappa shape index (κ3) is 4.95. The molecule has 0 saturated heterocycles. The van der Waals surface area contributed by atoms with Gasteiger partial charge in [0, 0.05) is 23.9 Å². The van der Waals surface area contributed by atoms with Crippen molar-refractivity contribution in [2.75, 3.05) is 18.7 Å². The number of nitro groups is 1. The predicted molar refractivity (Wildman–Crippen MR) is 98.7 cm³/mol. The number of nitrogens with zero attached hydrogens (tertiary/aromatic N) is 1. The SMILES string of the molecule is O=C(COc1ccc2c(c1)OCO2)NNC(=S)Nc1cccc([N+](=O)[O-])c1. The highest BCUT2D eigenvalue weighted by Crippen LogP contribution is 2.34. The average Bonchev–Trinajstić information content (AvgIpc) is 3.12. The Morgan fingerprint density at radius 3 is 2.81 bits per heavy atom. The van der Waals surface area contributed by atoms with Gasteiger partial charge in [-0.1, -0.05) is 6.07 Å². The molecule has 3 N–H and O–H groups in total. The first kappa shape index (κ1) is 18.2. The van der Waals surface area contributed by atoms with Gasteiger partial charge in [-0.2, -0.15) is 0 Å². The molecule has 0 fully saturated rings. The van der Waals surface area contributed by atoms with Gasteiger partial charge in [-0.3, -0.25) is 25.8 Å². The van der Waals surface area contributed by atoms with Gasteiger partial charge in [-0.05, 0) is 30.4 Å². The molecule has 11 heteroatoms. The summed E-state index contributed by atoms with van der Waals surface area (Å²) in [6, 6.07) is 10.8. The summed E-state index contributed by atoms with van der Waals surface area (Å²) in [6.07, 6.45) is 0. The molecule has 1 aliphatic rings. The van der Waals surface area contributed by atoms with Crippen LogP contribution in [0.15, 0.2) is 42.5 Å². The van der Waals surface area contributed by atoms with Gasteiger partial charge in [0.15, 0.2) is 23.2 Å². The minimum atomic E-state index is -0.517. The number of carbonyl (C=O) groups is 1. The minimum absolute atomic E-state index is 0.0620. The minimum Gasteiger partial charge on any atom is -0.484 e. The Bertz CT molecular complexity index is 891. The fraction of sp³-hybridized carbons (Fsp3) is 0.125. The van der Waals surface area contributed by atoms with Crippen LogP contribution < -0.4 is 30.4 Å². The van der Waals surface area contributed by atoms with E-state index in [1.165, 1.54) is 18.2 Å². The number of hydrogen-bond donors (Lipinski definition) is 3. The Morgan fingerprint density at radius 2 is 2.00 bits per heavy atom. The highest BCUT2D eigenvalue weighted by molar-refractivity contribution is 7.80. The van der Waals surface area contributed by atoms with Crippen molar-refractivity contribution in [3.05, 3.63) is 52.6 Å². The van der Waals surface area contributed by atoms with Gasteiger partial charge in [-0.15, -0.1) is 0 Å². The van der Waals surface area contributed by atoms with Crippen LogP contribution in [-0.2, 0) is 4.79 Å². The van der Waals surface area contributed by atoms with E-state index in [-0.39, 0.29) is 24.2 Å². The second-order valence-electron chi connectivity index (χ2n) is 5.24. The number of non-ortho nitro benzene ring substituents is 1. The van der Waals surface area contributed by atoms with E-state index in [2.05, 4.69) is 16.2 Å². The zero-order valence-electron chi connectivity index (χ0n) is 13.8. The maximum atomic E-state index is 11.8. The summed E-state index contributed by atoms with van der Waals surface area (Å²) in [5.74, 6) is 1.14. The smallest absolute Gasteiger partial charge is 0.276 e. The van der Waals surface area contributed by atoms with Crippen molar-refractivity contribution in [1.29, 1.82) is 0 Å². The molecular formula is C16H14N4O6S. The lowest BCUT2D eigenvalue weighted by molar-refractivity contribution is -0.384. The van der Waals surface area contributed by atoms with E-state index in [0.717, 1.165) is 0 Å². The first-order valence-electron chi connectivity index (χ1n) is 7.64. The van der Waals surface area contributed by atoms with E-state index < -0.39 is 10.8 Å². The van der Waals surface area contributed by atoms with Crippen LogP contribution >= 0.6 is 12.2 Å². The maximum absolute atomic E-state index is 11.8. The van der Waals surface area contributed by atoms with Crippen LogP contribution in [0.2, 0.25) is 0 Å². The summed E-state index contributed by atoms with van der Waals surface area (Å²) >= 11 is 5.02. The molecule has 0 spiro atoms. The lowest BCUT2D eigenvalue weighted by Gasteiger charge is -2.12. The Labute approximate surface area is 158 Å². The molecule has 1 heterocycles. The average molecular weight is 390 g/mol. The van der Waals surface area contributed by atoms with Gasteiger partial charge in [0.05, 0.1) is 4.92 Å². The van der Waals surface area contributed by atoms with Crippen LogP contribution in [-0.4, -0.2) is 29.3 Å². The molecule has 2 aromatic rings. The Hall–Kier alpha value is -3.60. The molecule has 0 bridgehead atoms. The highest BCUT2D eigenvalue weighted by atomic mass is 32.1. The number of hydrazine groups is 1. The van der Waals surface area contributed by atoms with E-state index in [9.17, 15) is 14.9 Å². The van der Waals surface area contributed by atoms with Crippen LogP contribution in [0.3, 0.4) is 0 Å². The summed E-state index contributed by atoms with van der Waals surface area (Å²) in [5.41, 5.74) is 5.17. The Morgan fingerprint density at radius 1 is 1.19 bits per heavy atom. The number of amides is 1. The number of benzene rings is 2. The number of carbonyl (C=O) groups excluding carboxylic acids is 1. The molecule has 0 atom stereocenters. The molecule has 1 amide bonds. The molecular weight excluding hydrogens is 376 g/mol. The summed E-state index contributed by atoms with van der Waals surface area (Å²) in [7, 11) is 0. The molecule has 0 aromatic heterocycles. The second-order valence-corrected chi connectivity index (χ2v) is 5.65. The van der Waals surface area contributed by atoms with Gasteiger partial charge in [0.1, 0.15) is 5.75 Å². The number of nitro benzene ring substituents is 1. The third-order valence-corrected chi connectivity index (χ3v) is 3.55. The van der Waals surface area contributed by atoms with Crippen molar-refractivity contribution >= 4 is 34.6 Å². The van der Waals surface area contributed by atoms with Gasteiger partial charge >= 0.3 is 0 Å². The van der Waals surface area contributed by atoms with Crippen LogP contribution in [0.25, 0.3) is 0 Å². The van der Waals surface area contributed by atoms with Crippen molar-refractivity contribution in [2.45, 2.75) is 0 Å². The fourth-order valence-corrected chi connectivity index (χ4v) is 2.31. The highest BCUT2D eigenvalue weighted by Gasteiger charge is 2.14. The molecule has 1 aliphatic heterocycles. The molecule has 0 radical (unpaired) electrons. The van der Waals surface area contributed by atoms with Gasteiger partial charge in [0.25, 0.3) is 11.6 Å². The zero-order valence-corrected chi connectivity index (χ0v) is 14.6. The quantitative estimate of drug-likeness (QED) is 0.398.